The molecule has 0 aliphatic heterocycles. The van der Waals surface area contributed by atoms with Crippen molar-refractivity contribution in [3.63, 3.8) is 0 Å². The smallest absolute Gasteiger partial charge is 0.142 e. The summed E-state index contributed by atoms with van der Waals surface area (Å²) in [6.45, 7) is 20.6. The van der Waals surface area contributed by atoms with Gasteiger partial charge >= 0.3 is 0 Å². The quantitative estimate of drug-likeness (QED) is 0.411. The zero-order chi connectivity index (χ0) is 15.0. The number of rotatable bonds is 10. The largest absolute Gasteiger partial charge is 0.300 e. The third kappa shape index (κ3) is 6.47. The van der Waals surface area contributed by atoms with E-state index in [9.17, 15) is 0 Å². The molecule has 0 saturated carbocycles. The Kier molecular flexibility index (Phi) is 9.17. The fourth-order valence-electron chi connectivity index (χ4n) is 2.48. The van der Waals surface area contributed by atoms with Crippen LogP contribution in [0.2, 0.25) is 6.82 Å². The fraction of sp³-hybridized carbons (Fsp3) is 0.765. The highest BCUT2D eigenvalue weighted by Gasteiger charge is 2.18. The molecule has 0 aliphatic carbocycles. The summed E-state index contributed by atoms with van der Waals surface area (Å²) in [5.74, 6) is 1.33. The fourth-order valence-corrected chi connectivity index (χ4v) is 2.48. The Morgan fingerprint density at radius 1 is 1.21 bits per heavy atom. The summed E-state index contributed by atoms with van der Waals surface area (Å²) in [6.07, 6.45) is 3.53. The molecule has 19 heavy (non-hydrogen) atoms. The molecule has 0 spiro atoms. The first-order valence-electron chi connectivity index (χ1n) is 7.73. The highest BCUT2D eigenvalue weighted by molar-refractivity contribution is 6.43. The lowest BCUT2D eigenvalue weighted by Crippen LogP contribution is -2.35. The molecular formula is C17H33BN. The topological polar surface area (TPSA) is 3.24 Å². The molecule has 0 N–H and O–H groups in total. The first kappa shape index (κ1) is 18.5. The van der Waals surface area contributed by atoms with Crippen molar-refractivity contribution in [3.8, 4) is 0 Å². The maximum atomic E-state index is 4.17. The minimum Gasteiger partial charge on any atom is -0.300 e. The van der Waals surface area contributed by atoms with Gasteiger partial charge in [-0.1, -0.05) is 46.2 Å². The minimum atomic E-state index is 0.482. The third-order valence-corrected chi connectivity index (χ3v) is 4.52. The van der Waals surface area contributed by atoms with E-state index < -0.39 is 0 Å². The molecule has 0 bridgehead atoms. The Bertz CT molecular complexity index is 285. The van der Waals surface area contributed by atoms with E-state index in [2.05, 4.69) is 66.9 Å². The molecule has 0 fully saturated rings. The van der Waals surface area contributed by atoms with Crippen molar-refractivity contribution in [1.82, 2.24) is 4.90 Å². The summed E-state index contributed by atoms with van der Waals surface area (Å²) in [4.78, 5) is 2.45. The van der Waals surface area contributed by atoms with Gasteiger partial charge in [0.05, 0.1) is 0 Å². The van der Waals surface area contributed by atoms with Gasteiger partial charge in [-0.15, -0.1) is 12.1 Å². The van der Waals surface area contributed by atoms with Crippen LogP contribution in [0.15, 0.2) is 24.2 Å². The molecular weight excluding hydrogens is 229 g/mol. The average Bonchev–Trinajstić information content (AvgIpc) is 2.43. The van der Waals surface area contributed by atoms with Crippen molar-refractivity contribution in [2.24, 2.45) is 11.8 Å². The Morgan fingerprint density at radius 3 is 2.21 bits per heavy atom. The van der Waals surface area contributed by atoms with Gasteiger partial charge in [-0.25, -0.2) is 0 Å². The van der Waals surface area contributed by atoms with Crippen molar-refractivity contribution in [2.45, 2.75) is 59.8 Å². The van der Waals surface area contributed by atoms with Crippen LogP contribution in [-0.2, 0) is 0 Å². The van der Waals surface area contributed by atoms with Crippen LogP contribution in [0, 0.1) is 11.8 Å². The number of hydrogen-bond donors (Lipinski definition) is 0. The second-order valence-corrected chi connectivity index (χ2v) is 5.90. The zero-order valence-corrected chi connectivity index (χ0v) is 14.0. The third-order valence-electron chi connectivity index (χ3n) is 4.52. The second-order valence-electron chi connectivity index (χ2n) is 5.90. The van der Waals surface area contributed by atoms with Crippen molar-refractivity contribution in [2.75, 3.05) is 13.6 Å². The Hall–Kier alpha value is -0.495. The highest BCUT2D eigenvalue weighted by atomic mass is 15.1. The van der Waals surface area contributed by atoms with E-state index in [0.29, 0.717) is 12.0 Å². The first-order chi connectivity index (χ1) is 8.87. The summed E-state index contributed by atoms with van der Waals surface area (Å²) in [6, 6.07) is 0.482. The van der Waals surface area contributed by atoms with E-state index >= 15 is 0 Å². The van der Waals surface area contributed by atoms with Gasteiger partial charge in [0.1, 0.15) is 7.28 Å². The van der Waals surface area contributed by atoms with E-state index in [4.69, 9.17) is 0 Å². The lowest BCUT2D eigenvalue weighted by Gasteiger charge is -2.31. The van der Waals surface area contributed by atoms with Crippen LogP contribution in [0.3, 0.4) is 0 Å². The predicted octanol–water partition coefficient (Wildman–Crippen LogP) is 4.59. The van der Waals surface area contributed by atoms with Gasteiger partial charge < -0.3 is 0 Å². The van der Waals surface area contributed by atoms with Crippen molar-refractivity contribution in [3.05, 3.63) is 24.2 Å². The van der Waals surface area contributed by atoms with Gasteiger partial charge in [0.2, 0.25) is 0 Å². The summed E-state index contributed by atoms with van der Waals surface area (Å²) in [7, 11) is 4.36. The molecule has 1 radical (unpaired) electrons. The van der Waals surface area contributed by atoms with Crippen LogP contribution in [0.1, 0.15) is 47.0 Å². The maximum absolute atomic E-state index is 4.17. The SMILES string of the molecule is C=C([B]C)C(C)CC(CC)CN(C)C(C)C(=C)CC. The molecule has 0 rings (SSSR count). The number of nitrogens with zero attached hydrogens (tertiary/aromatic N) is 1. The average molecular weight is 262 g/mol. The van der Waals surface area contributed by atoms with Gasteiger partial charge in [0, 0.05) is 12.6 Å². The van der Waals surface area contributed by atoms with Gasteiger partial charge in [0.15, 0.2) is 0 Å². The Balaban J connectivity index is 4.39. The number of allylic oxidation sites excluding steroid dienone is 1. The van der Waals surface area contributed by atoms with Crippen LogP contribution in [0.25, 0.3) is 0 Å². The molecule has 0 heterocycles. The van der Waals surface area contributed by atoms with Crippen LogP contribution < -0.4 is 0 Å². The first-order valence-corrected chi connectivity index (χ1v) is 7.73. The standard InChI is InChI=1S/C17H33BN/c1-9-13(3)16(6)19(8)12-17(10-2)11-14(4)15(5)18-7/h14,16-17H,3,5,9-12H2,1-2,4,6-8H3. The molecule has 0 aromatic rings. The van der Waals surface area contributed by atoms with Gasteiger partial charge in [-0.2, -0.15) is 0 Å². The van der Waals surface area contributed by atoms with Gasteiger partial charge in [-0.3, -0.25) is 4.90 Å². The molecule has 0 aromatic heterocycles. The van der Waals surface area contributed by atoms with E-state index in [1.54, 1.807) is 0 Å². The minimum absolute atomic E-state index is 0.482. The van der Waals surface area contributed by atoms with Gasteiger partial charge in [-0.05, 0) is 38.6 Å². The molecule has 0 amide bonds. The molecule has 0 saturated heterocycles. The van der Waals surface area contributed by atoms with Crippen molar-refractivity contribution in [1.29, 1.82) is 0 Å². The Labute approximate surface area is 122 Å². The van der Waals surface area contributed by atoms with Crippen LogP contribution in [-0.4, -0.2) is 31.8 Å². The number of likely N-dealkylation sites (N-methyl/N-ethyl adjacent to an activating group) is 1. The Morgan fingerprint density at radius 2 is 1.79 bits per heavy atom. The maximum Gasteiger partial charge on any atom is 0.142 e. The molecule has 0 aromatic carbocycles. The number of hydrogen-bond acceptors (Lipinski definition) is 1. The van der Waals surface area contributed by atoms with Crippen LogP contribution in [0.4, 0.5) is 0 Å². The van der Waals surface area contributed by atoms with E-state index in [0.717, 1.165) is 18.9 Å². The monoisotopic (exact) mass is 262 g/mol. The molecule has 1 nitrogen and oxygen atoms in total. The lowest BCUT2D eigenvalue weighted by molar-refractivity contribution is 0.220. The predicted molar refractivity (Wildman–Crippen MR) is 89.8 cm³/mol. The molecule has 3 unspecified atom stereocenters. The van der Waals surface area contributed by atoms with Crippen molar-refractivity contribution < 1.29 is 0 Å². The molecule has 109 valence electrons. The normalized spacial score (nSPS) is 15.9. The van der Waals surface area contributed by atoms with E-state index in [1.165, 1.54) is 23.9 Å². The summed E-state index contributed by atoms with van der Waals surface area (Å²) in [5.41, 5.74) is 2.60. The lowest BCUT2D eigenvalue weighted by atomic mass is 9.66. The van der Waals surface area contributed by atoms with E-state index in [1.807, 2.05) is 0 Å². The van der Waals surface area contributed by atoms with E-state index in [-0.39, 0.29) is 0 Å². The molecule has 3 atom stereocenters. The zero-order valence-electron chi connectivity index (χ0n) is 14.0. The molecule has 0 aliphatic rings. The molecule has 2 heteroatoms. The highest BCUT2D eigenvalue weighted by Crippen LogP contribution is 2.22. The van der Waals surface area contributed by atoms with Crippen molar-refractivity contribution >= 4 is 7.28 Å². The van der Waals surface area contributed by atoms with Crippen LogP contribution in [0.5, 0.6) is 0 Å². The van der Waals surface area contributed by atoms with Gasteiger partial charge in [0.25, 0.3) is 0 Å². The van der Waals surface area contributed by atoms with Crippen LogP contribution >= 0.6 is 0 Å². The second kappa shape index (κ2) is 9.42. The summed E-state index contributed by atoms with van der Waals surface area (Å²) in [5, 5.41) is 0. The summed E-state index contributed by atoms with van der Waals surface area (Å²) >= 11 is 0. The summed E-state index contributed by atoms with van der Waals surface area (Å²) < 4.78 is 0.